The lowest BCUT2D eigenvalue weighted by Gasteiger charge is -2.11. The molecule has 1 aliphatic rings. The topological polar surface area (TPSA) is 78.5 Å². The second-order valence-corrected chi connectivity index (χ2v) is 5.69. The minimum atomic E-state index is -0.248. The Hall–Kier alpha value is -3.15. The molecule has 0 radical (unpaired) electrons. The lowest BCUT2D eigenvalue weighted by molar-refractivity contribution is -0.117. The van der Waals surface area contributed by atoms with Gasteiger partial charge in [0, 0.05) is 36.6 Å². The van der Waals surface area contributed by atoms with E-state index >= 15 is 0 Å². The summed E-state index contributed by atoms with van der Waals surface area (Å²) in [6.45, 7) is 1.43. The fourth-order valence-electron chi connectivity index (χ4n) is 2.66. The third-order valence-electron chi connectivity index (χ3n) is 3.88. The molecule has 0 saturated carbocycles. The number of benzene rings is 2. The van der Waals surface area contributed by atoms with E-state index in [0.29, 0.717) is 23.4 Å². The number of anilines is 3. The van der Waals surface area contributed by atoms with Crippen LogP contribution >= 0.6 is 0 Å². The highest BCUT2D eigenvalue weighted by Crippen LogP contribution is 2.30. The zero-order valence-corrected chi connectivity index (χ0v) is 13.4. The summed E-state index contributed by atoms with van der Waals surface area (Å²) < 4.78 is 0. The molecule has 0 aromatic heterocycles. The fourth-order valence-corrected chi connectivity index (χ4v) is 2.66. The smallest absolute Gasteiger partial charge is 0.255 e. The highest BCUT2D eigenvalue weighted by Gasteiger charge is 2.24. The van der Waals surface area contributed by atoms with Gasteiger partial charge in [0.1, 0.15) is 0 Å². The summed E-state index contributed by atoms with van der Waals surface area (Å²) in [4.78, 5) is 36.6. The van der Waals surface area contributed by atoms with Crippen LogP contribution in [0.15, 0.2) is 42.5 Å². The van der Waals surface area contributed by atoms with Gasteiger partial charge in [-0.15, -0.1) is 0 Å². The van der Waals surface area contributed by atoms with Crippen molar-refractivity contribution in [2.75, 3.05) is 22.6 Å². The summed E-state index contributed by atoms with van der Waals surface area (Å²) in [6, 6.07) is 12.1. The maximum atomic E-state index is 12.3. The third kappa shape index (κ3) is 3.12. The molecule has 0 bridgehead atoms. The van der Waals surface area contributed by atoms with Crippen LogP contribution in [0, 0.1) is 0 Å². The average molecular weight is 323 g/mol. The molecule has 1 heterocycles. The van der Waals surface area contributed by atoms with Gasteiger partial charge in [-0.1, -0.05) is 0 Å². The van der Waals surface area contributed by atoms with E-state index < -0.39 is 0 Å². The van der Waals surface area contributed by atoms with Crippen molar-refractivity contribution in [2.45, 2.75) is 13.3 Å². The molecule has 1 aliphatic heterocycles. The Bertz CT molecular complexity index is 828. The van der Waals surface area contributed by atoms with Crippen LogP contribution in [0.25, 0.3) is 0 Å². The molecule has 0 atom stereocenters. The number of nitrogens with one attached hydrogen (secondary N) is 2. The minimum absolute atomic E-state index is 0.0436. The van der Waals surface area contributed by atoms with E-state index in [1.807, 2.05) is 12.1 Å². The molecule has 0 spiro atoms. The monoisotopic (exact) mass is 323 g/mol. The Kier molecular flexibility index (Phi) is 4.04. The van der Waals surface area contributed by atoms with E-state index in [-0.39, 0.29) is 17.7 Å². The maximum absolute atomic E-state index is 12.3. The molecule has 0 unspecified atom stereocenters. The lowest BCUT2D eigenvalue weighted by atomic mass is 10.1. The first kappa shape index (κ1) is 15.7. The normalized spacial score (nSPS) is 12.8. The molecule has 24 heavy (non-hydrogen) atoms. The molecule has 0 saturated heterocycles. The Morgan fingerprint density at radius 3 is 2.33 bits per heavy atom. The van der Waals surface area contributed by atoms with Crippen molar-refractivity contribution in [3.8, 4) is 0 Å². The number of rotatable bonds is 3. The van der Waals surface area contributed by atoms with Crippen molar-refractivity contribution in [1.29, 1.82) is 0 Å². The molecule has 2 aromatic rings. The number of carbonyl (C=O) groups excluding carboxylic acids is 3. The molecule has 122 valence electrons. The fraction of sp³-hybridized carbons (Fsp3) is 0.167. The van der Waals surface area contributed by atoms with Gasteiger partial charge in [-0.25, -0.2) is 0 Å². The van der Waals surface area contributed by atoms with E-state index in [0.717, 1.165) is 11.3 Å². The van der Waals surface area contributed by atoms with Crippen molar-refractivity contribution < 1.29 is 14.4 Å². The molecule has 2 N–H and O–H groups in total. The van der Waals surface area contributed by atoms with Crippen LogP contribution in [0.4, 0.5) is 17.1 Å². The molecule has 0 aliphatic carbocycles. The van der Waals surface area contributed by atoms with Crippen LogP contribution in [-0.2, 0) is 16.0 Å². The van der Waals surface area contributed by atoms with E-state index in [4.69, 9.17) is 0 Å². The summed E-state index contributed by atoms with van der Waals surface area (Å²) in [5.74, 6) is -0.367. The van der Waals surface area contributed by atoms with Crippen LogP contribution in [-0.4, -0.2) is 24.8 Å². The summed E-state index contributed by atoms with van der Waals surface area (Å²) in [7, 11) is 1.74. The molecule has 3 rings (SSSR count). The molecule has 3 amide bonds. The first-order chi connectivity index (χ1) is 11.4. The van der Waals surface area contributed by atoms with Crippen LogP contribution in [0.1, 0.15) is 22.8 Å². The van der Waals surface area contributed by atoms with Crippen molar-refractivity contribution >= 4 is 34.8 Å². The number of fused-ring (bicyclic) bond motifs is 1. The summed E-state index contributed by atoms with van der Waals surface area (Å²) in [6.07, 6.45) is 0.348. The standard InChI is InChI=1S/C18H17N3O3/c1-11(22)19-14-5-3-12(4-6-14)18(24)20-15-7-8-16-13(9-15)10-17(23)21(16)2/h3-9H,10H2,1-2H3,(H,19,22)(H,20,24). The van der Waals surface area contributed by atoms with Crippen LogP contribution < -0.4 is 15.5 Å². The molecule has 0 fully saturated rings. The minimum Gasteiger partial charge on any atom is -0.326 e. The summed E-state index contributed by atoms with van der Waals surface area (Å²) in [5, 5.41) is 5.47. The Morgan fingerprint density at radius 1 is 1.00 bits per heavy atom. The van der Waals surface area contributed by atoms with Crippen LogP contribution in [0.3, 0.4) is 0 Å². The van der Waals surface area contributed by atoms with Gasteiger partial charge in [-0.05, 0) is 48.0 Å². The van der Waals surface area contributed by atoms with Gasteiger partial charge in [-0.2, -0.15) is 0 Å². The number of carbonyl (C=O) groups is 3. The van der Waals surface area contributed by atoms with Gasteiger partial charge >= 0.3 is 0 Å². The first-order valence-electron chi connectivity index (χ1n) is 7.52. The first-order valence-corrected chi connectivity index (χ1v) is 7.52. The van der Waals surface area contributed by atoms with Gasteiger partial charge in [0.2, 0.25) is 11.8 Å². The van der Waals surface area contributed by atoms with Crippen LogP contribution in [0.2, 0.25) is 0 Å². The number of likely N-dealkylation sites (N-methyl/N-ethyl adjacent to an activating group) is 1. The number of hydrogen-bond donors (Lipinski definition) is 2. The van der Waals surface area contributed by atoms with Crippen LogP contribution in [0.5, 0.6) is 0 Å². The second-order valence-electron chi connectivity index (χ2n) is 5.69. The van der Waals surface area contributed by atoms with Crippen molar-refractivity contribution in [3.05, 3.63) is 53.6 Å². The number of amides is 3. The Balaban J connectivity index is 1.72. The lowest BCUT2D eigenvalue weighted by Crippen LogP contribution is -2.20. The third-order valence-corrected chi connectivity index (χ3v) is 3.88. The highest BCUT2D eigenvalue weighted by molar-refractivity contribution is 6.06. The van der Waals surface area contributed by atoms with Gasteiger partial charge in [0.25, 0.3) is 5.91 Å². The zero-order valence-electron chi connectivity index (χ0n) is 13.4. The molecule has 6 nitrogen and oxygen atoms in total. The molecule has 2 aromatic carbocycles. The van der Waals surface area contributed by atoms with Crippen molar-refractivity contribution in [1.82, 2.24) is 0 Å². The molecule has 6 heteroatoms. The second kappa shape index (κ2) is 6.16. The predicted molar refractivity (Wildman–Crippen MR) is 92.3 cm³/mol. The van der Waals surface area contributed by atoms with E-state index in [1.54, 1.807) is 42.3 Å². The van der Waals surface area contributed by atoms with Gasteiger partial charge in [0.05, 0.1) is 6.42 Å². The quantitative estimate of drug-likeness (QED) is 0.910. The number of hydrogen-bond acceptors (Lipinski definition) is 3. The summed E-state index contributed by atoms with van der Waals surface area (Å²) >= 11 is 0. The molecular formula is C18H17N3O3. The van der Waals surface area contributed by atoms with Gasteiger partial charge < -0.3 is 15.5 Å². The summed E-state index contributed by atoms with van der Waals surface area (Å²) in [5.41, 5.74) is 3.54. The van der Waals surface area contributed by atoms with Gasteiger partial charge in [-0.3, -0.25) is 14.4 Å². The zero-order chi connectivity index (χ0) is 17.3. The van der Waals surface area contributed by atoms with Gasteiger partial charge in [0.15, 0.2) is 0 Å². The Labute approximate surface area is 139 Å². The largest absolute Gasteiger partial charge is 0.326 e. The van der Waals surface area contributed by atoms with E-state index in [2.05, 4.69) is 10.6 Å². The van der Waals surface area contributed by atoms with E-state index in [9.17, 15) is 14.4 Å². The SMILES string of the molecule is CC(=O)Nc1ccc(C(=O)Nc2ccc3c(c2)CC(=O)N3C)cc1. The van der Waals surface area contributed by atoms with Crippen molar-refractivity contribution in [3.63, 3.8) is 0 Å². The Morgan fingerprint density at radius 2 is 1.67 bits per heavy atom. The highest BCUT2D eigenvalue weighted by atomic mass is 16.2. The maximum Gasteiger partial charge on any atom is 0.255 e. The van der Waals surface area contributed by atoms with Crippen molar-refractivity contribution in [2.24, 2.45) is 0 Å². The average Bonchev–Trinajstić information content (AvgIpc) is 2.81. The molecular weight excluding hydrogens is 306 g/mol. The predicted octanol–water partition coefficient (Wildman–Crippen LogP) is 2.42. The number of nitrogens with zero attached hydrogens (tertiary/aromatic N) is 1. The van der Waals surface area contributed by atoms with E-state index in [1.165, 1.54) is 6.92 Å².